The van der Waals surface area contributed by atoms with Gasteiger partial charge in [0.05, 0.1) is 16.3 Å². The Morgan fingerprint density at radius 1 is 1.26 bits per heavy atom. The topological polar surface area (TPSA) is 45.6 Å². The van der Waals surface area contributed by atoms with Crippen molar-refractivity contribution in [2.75, 3.05) is 19.7 Å². The van der Waals surface area contributed by atoms with Crippen LogP contribution in [0.15, 0.2) is 42.5 Å². The Bertz CT molecular complexity index is 891. The van der Waals surface area contributed by atoms with Crippen LogP contribution in [0.4, 0.5) is 0 Å². The molecule has 0 spiro atoms. The molecule has 1 aliphatic heterocycles. The van der Waals surface area contributed by atoms with Crippen molar-refractivity contribution in [3.8, 4) is 5.75 Å². The van der Waals surface area contributed by atoms with E-state index in [1.807, 2.05) is 19.1 Å². The number of thiazole rings is 1. The number of ether oxygens (including phenoxy) is 1. The van der Waals surface area contributed by atoms with Crippen LogP contribution < -0.4 is 4.74 Å². The molecule has 142 valence electrons. The summed E-state index contributed by atoms with van der Waals surface area (Å²) in [5.74, 6) is 0.859. The lowest BCUT2D eigenvalue weighted by atomic mass is 10.1. The maximum Gasteiger partial charge on any atom is 0.122 e. The molecule has 1 N–H and O–H groups in total. The predicted molar refractivity (Wildman–Crippen MR) is 111 cm³/mol. The molecule has 0 saturated carbocycles. The first-order valence-corrected chi connectivity index (χ1v) is 10.4. The lowest BCUT2D eigenvalue weighted by Gasteiger charge is -2.25. The summed E-state index contributed by atoms with van der Waals surface area (Å²) >= 11 is 1.77. The Hall–Kier alpha value is -1.95. The number of hydrogen-bond acceptors (Lipinski definition) is 5. The van der Waals surface area contributed by atoms with Gasteiger partial charge in [0.15, 0.2) is 0 Å². The van der Waals surface area contributed by atoms with E-state index < -0.39 is 6.10 Å². The van der Waals surface area contributed by atoms with Gasteiger partial charge in [-0.05, 0) is 62.6 Å². The number of β-amino-alcohol motifs (C(OH)–C–C–N with tert-alkyl or cyclic N) is 1. The molecule has 4 rings (SSSR count). The van der Waals surface area contributed by atoms with E-state index in [9.17, 15) is 5.11 Å². The van der Waals surface area contributed by atoms with Crippen molar-refractivity contribution in [3.63, 3.8) is 0 Å². The molecule has 2 atom stereocenters. The van der Waals surface area contributed by atoms with E-state index in [1.165, 1.54) is 10.3 Å². The number of aliphatic hydroxyl groups excluding tert-OH is 1. The minimum absolute atomic E-state index is 0.303. The molecule has 2 heterocycles. The molecule has 1 aliphatic rings. The average molecular weight is 383 g/mol. The zero-order valence-corrected chi connectivity index (χ0v) is 16.7. The largest absolute Gasteiger partial charge is 0.491 e. The first-order chi connectivity index (χ1) is 13.1. The fourth-order valence-corrected chi connectivity index (χ4v) is 4.87. The monoisotopic (exact) mass is 382 g/mol. The highest BCUT2D eigenvalue weighted by atomic mass is 32.1. The highest BCUT2D eigenvalue weighted by Gasteiger charge is 2.30. The number of hydrogen-bond donors (Lipinski definition) is 1. The van der Waals surface area contributed by atoms with Crippen LogP contribution in [0.2, 0.25) is 0 Å². The van der Waals surface area contributed by atoms with Gasteiger partial charge in [-0.1, -0.05) is 24.3 Å². The Labute approximate surface area is 164 Å². The second-order valence-corrected chi connectivity index (χ2v) is 8.47. The Kier molecular flexibility index (Phi) is 5.43. The van der Waals surface area contributed by atoms with Gasteiger partial charge in [-0.15, -0.1) is 11.3 Å². The Morgan fingerprint density at radius 3 is 2.96 bits per heavy atom. The molecule has 0 radical (unpaired) electrons. The molecule has 2 aromatic carbocycles. The molecule has 1 fully saturated rings. The molecule has 5 heteroatoms. The number of rotatable bonds is 6. The van der Waals surface area contributed by atoms with Gasteiger partial charge >= 0.3 is 0 Å². The Balaban J connectivity index is 1.39. The number of fused-ring (bicyclic) bond motifs is 1. The summed E-state index contributed by atoms with van der Waals surface area (Å²) in [6, 6.07) is 14.8. The van der Waals surface area contributed by atoms with E-state index in [0.29, 0.717) is 19.2 Å². The van der Waals surface area contributed by atoms with Crippen molar-refractivity contribution in [2.45, 2.75) is 38.8 Å². The molecule has 0 amide bonds. The summed E-state index contributed by atoms with van der Waals surface area (Å²) in [5.41, 5.74) is 3.34. The van der Waals surface area contributed by atoms with Gasteiger partial charge in [0, 0.05) is 6.54 Å². The van der Waals surface area contributed by atoms with Crippen molar-refractivity contribution in [2.24, 2.45) is 0 Å². The Morgan fingerprint density at radius 2 is 2.11 bits per heavy atom. The molecular weight excluding hydrogens is 356 g/mol. The smallest absolute Gasteiger partial charge is 0.122 e. The molecule has 27 heavy (non-hydrogen) atoms. The van der Waals surface area contributed by atoms with Crippen molar-refractivity contribution in [1.29, 1.82) is 0 Å². The summed E-state index contributed by atoms with van der Waals surface area (Å²) < 4.78 is 7.12. The first kappa shape index (κ1) is 18.4. The minimum atomic E-state index is -0.514. The number of aliphatic hydroxyl groups is 1. The quantitative estimate of drug-likeness (QED) is 0.682. The van der Waals surface area contributed by atoms with E-state index in [2.05, 4.69) is 42.2 Å². The predicted octanol–water partition coefficient (Wildman–Crippen LogP) is 4.49. The number of aryl methyl sites for hydroxylation is 2. The van der Waals surface area contributed by atoms with E-state index >= 15 is 0 Å². The summed E-state index contributed by atoms with van der Waals surface area (Å²) in [6.45, 7) is 6.01. The first-order valence-electron chi connectivity index (χ1n) is 9.58. The van der Waals surface area contributed by atoms with Gasteiger partial charge in [0.2, 0.25) is 0 Å². The second kappa shape index (κ2) is 7.97. The SMILES string of the molecule is Cc1ccc(C)c(OCC(O)CN2CCCC2c2nc3ccccc3s2)c1. The van der Waals surface area contributed by atoms with Crippen molar-refractivity contribution in [3.05, 3.63) is 58.6 Å². The second-order valence-electron chi connectivity index (χ2n) is 7.41. The highest BCUT2D eigenvalue weighted by molar-refractivity contribution is 7.18. The van der Waals surface area contributed by atoms with Crippen LogP contribution in [0.5, 0.6) is 5.75 Å². The van der Waals surface area contributed by atoms with Gasteiger partial charge in [0.1, 0.15) is 23.5 Å². The zero-order chi connectivity index (χ0) is 18.8. The third-order valence-corrected chi connectivity index (χ3v) is 6.32. The lowest BCUT2D eigenvalue weighted by Crippen LogP contribution is -2.35. The number of likely N-dealkylation sites (tertiary alicyclic amines) is 1. The molecular formula is C22H26N2O2S. The van der Waals surface area contributed by atoms with Gasteiger partial charge in [0.25, 0.3) is 0 Å². The third kappa shape index (κ3) is 4.15. The van der Waals surface area contributed by atoms with Crippen LogP contribution >= 0.6 is 11.3 Å². The normalized spacial score (nSPS) is 18.9. The minimum Gasteiger partial charge on any atom is -0.491 e. The third-order valence-electron chi connectivity index (χ3n) is 5.18. The number of aromatic nitrogens is 1. The molecule has 3 aromatic rings. The molecule has 4 nitrogen and oxygen atoms in total. The van der Waals surface area contributed by atoms with E-state index in [4.69, 9.17) is 9.72 Å². The zero-order valence-electron chi connectivity index (χ0n) is 15.9. The van der Waals surface area contributed by atoms with Gasteiger partial charge in [-0.25, -0.2) is 4.98 Å². The summed E-state index contributed by atoms with van der Waals surface area (Å²) in [7, 11) is 0. The van der Waals surface area contributed by atoms with Crippen LogP contribution in [0.3, 0.4) is 0 Å². The van der Waals surface area contributed by atoms with Gasteiger partial charge in [-0.3, -0.25) is 4.90 Å². The maximum absolute atomic E-state index is 10.6. The van der Waals surface area contributed by atoms with Gasteiger partial charge in [-0.2, -0.15) is 0 Å². The van der Waals surface area contributed by atoms with E-state index in [0.717, 1.165) is 41.2 Å². The summed E-state index contributed by atoms with van der Waals surface area (Å²) in [5, 5.41) is 11.7. The van der Waals surface area contributed by atoms with Crippen LogP contribution in [0.1, 0.15) is 35.0 Å². The summed E-state index contributed by atoms with van der Waals surface area (Å²) in [6.07, 6.45) is 1.73. The number of para-hydroxylation sites is 1. The molecule has 2 unspecified atom stereocenters. The highest BCUT2D eigenvalue weighted by Crippen LogP contribution is 2.36. The van der Waals surface area contributed by atoms with E-state index in [-0.39, 0.29) is 0 Å². The van der Waals surface area contributed by atoms with Crippen LogP contribution in [-0.4, -0.2) is 40.8 Å². The van der Waals surface area contributed by atoms with Crippen molar-refractivity contribution < 1.29 is 9.84 Å². The van der Waals surface area contributed by atoms with Crippen LogP contribution in [-0.2, 0) is 0 Å². The van der Waals surface area contributed by atoms with Gasteiger partial charge < -0.3 is 9.84 Å². The molecule has 0 bridgehead atoms. The number of benzene rings is 2. The van der Waals surface area contributed by atoms with Crippen LogP contribution in [0.25, 0.3) is 10.2 Å². The van der Waals surface area contributed by atoms with Crippen LogP contribution in [0, 0.1) is 13.8 Å². The summed E-state index contributed by atoms with van der Waals surface area (Å²) in [4.78, 5) is 7.19. The molecule has 1 aromatic heterocycles. The number of nitrogens with zero attached hydrogens (tertiary/aromatic N) is 2. The fourth-order valence-electron chi connectivity index (χ4n) is 3.73. The van der Waals surface area contributed by atoms with Crippen molar-refractivity contribution >= 4 is 21.6 Å². The maximum atomic E-state index is 10.6. The van der Waals surface area contributed by atoms with E-state index in [1.54, 1.807) is 11.3 Å². The molecule has 0 aliphatic carbocycles. The fraction of sp³-hybridized carbons (Fsp3) is 0.409. The molecule has 1 saturated heterocycles. The lowest BCUT2D eigenvalue weighted by molar-refractivity contribution is 0.0636. The standard InChI is InChI=1S/C22H26N2O2S/c1-15-9-10-16(2)20(12-15)26-14-17(25)13-24-11-5-7-19(24)22-23-18-6-3-4-8-21(18)27-22/h3-4,6,8-10,12,17,19,25H,5,7,11,13-14H2,1-2H3. The average Bonchev–Trinajstić information content (AvgIpc) is 3.28. The van der Waals surface area contributed by atoms with Crippen molar-refractivity contribution in [1.82, 2.24) is 9.88 Å².